The van der Waals surface area contributed by atoms with Crippen LogP contribution in [-0.4, -0.2) is 24.0 Å². The van der Waals surface area contributed by atoms with Crippen LogP contribution in [-0.2, 0) is 22.6 Å². The molecule has 0 saturated carbocycles. The van der Waals surface area contributed by atoms with Crippen molar-refractivity contribution < 1.29 is 24.1 Å². The molecular formula is C17H16O5. The Labute approximate surface area is 128 Å². The first kappa shape index (κ1) is 14.4. The highest BCUT2D eigenvalue weighted by atomic mass is 16.7. The van der Waals surface area contributed by atoms with E-state index >= 15 is 0 Å². The highest BCUT2D eigenvalue weighted by Crippen LogP contribution is 2.32. The van der Waals surface area contributed by atoms with Gasteiger partial charge in [-0.15, -0.1) is 0 Å². The summed E-state index contributed by atoms with van der Waals surface area (Å²) in [5.74, 6) is 0.661. The highest BCUT2D eigenvalue weighted by Gasteiger charge is 2.19. The van der Waals surface area contributed by atoms with Gasteiger partial charge in [0.05, 0.1) is 0 Å². The number of hydrogen-bond acceptors (Lipinski definition) is 5. The molecule has 0 spiro atoms. The molecule has 0 unspecified atom stereocenters. The number of esters is 1. The predicted octanol–water partition coefficient (Wildman–Crippen LogP) is 2.06. The van der Waals surface area contributed by atoms with E-state index in [0.29, 0.717) is 11.5 Å². The van der Waals surface area contributed by atoms with Crippen molar-refractivity contribution in [2.75, 3.05) is 6.79 Å². The molecule has 2 aromatic carbocycles. The number of hydrogen-bond donors (Lipinski definition) is 1. The lowest BCUT2D eigenvalue weighted by molar-refractivity contribution is -0.154. The molecule has 1 atom stereocenters. The van der Waals surface area contributed by atoms with Gasteiger partial charge in [0.25, 0.3) is 0 Å². The van der Waals surface area contributed by atoms with Gasteiger partial charge >= 0.3 is 5.97 Å². The molecule has 5 nitrogen and oxygen atoms in total. The Morgan fingerprint density at radius 1 is 1.09 bits per heavy atom. The van der Waals surface area contributed by atoms with E-state index in [1.807, 2.05) is 30.3 Å². The van der Waals surface area contributed by atoms with Crippen molar-refractivity contribution in [2.45, 2.75) is 19.1 Å². The van der Waals surface area contributed by atoms with Crippen LogP contribution in [0.4, 0.5) is 0 Å². The molecule has 3 rings (SSSR count). The van der Waals surface area contributed by atoms with Gasteiger partial charge in [-0.1, -0.05) is 36.4 Å². The van der Waals surface area contributed by atoms with Gasteiger partial charge < -0.3 is 19.3 Å². The molecule has 114 valence electrons. The minimum absolute atomic E-state index is 0.151. The summed E-state index contributed by atoms with van der Waals surface area (Å²) in [6, 6.07) is 14.7. The highest BCUT2D eigenvalue weighted by molar-refractivity contribution is 5.74. The summed E-state index contributed by atoms with van der Waals surface area (Å²) < 4.78 is 15.6. The normalized spacial score (nSPS) is 13.7. The third-order valence-corrected chi connectivity index (χ3v) is 3.36. The summed E-state index contributed by atoms with van der Waals surface area (Å²) in [5.41, 5.74) is 1.67. The maximum Gasteiger partial charge on any atom is 0.335 e. The van der Waals surface area contributed by atoms with Crippen LogP contribution >= 0.6 is 0 Å². The number of aliphatic hydroxyl groups is 1. The SMILES string of the molecule is O=C(OCc1ccccc1)[C@H](O)Cc1ccc2c(c1)OCO2. The third kappa shape index (κ3) is 3.38. The number of carbonyl (C=O) groups excluding carboxylic acids is 1. The molecule has 5 heteroatoms. The summed E-state index contributed by atoms with van der Waals surface area (Å²) in [5, 5.41) is 9.95. The van der Waals surface area contributed by atoms with Crippen LogP contribution in [0, 0.1) is 0 Å². The maximum absolute atomic E-state index is 11.8. The fourth-order valence-corrected chi connectivity index (χ4v) is 2.20. The number of carbonyl (C=O) groups is 1. The Balaban J connectivity index is 1.55. The molecule has 1 heterocycles. The molecular weight excluding hydrogens is 284 g/mol. The zero-order chi connectivity index (χ0) is 15.4. The summed E-state index contributed by atoms with van der Waals surface area (Å²) in [6.45, 7) is 0.346. The van der Waals surface area contributed by atoms with Gasteiger partial charge in [-0.25, -0.2) is 4.79 Å². The van der Waals surface area contributed by atoms with E-state index in [-0.39, 0.29) is 19.8 Å². The second-order valence-electron chi connectivity index (χ2n) is 5.00. The Morgan fingerprint density at radius 2 is 1.86 bits per heavy atom. The lowest BCUT2D eigenvalue weighted by Crippen LogP contribution is -2.25. The molecule has 0 aliphatic carbocycles. The standard InChI is InChI=1S/C17H16O5/c18-14(17(19)20-10-12-4-2-1-3-5-12)8-13-6-7-15-16(9-13)22-11-21-15/h1-7,9,14,18H,8,10-11H2/t14-/m1/s1. The van der Waals surface area contributed by atoms with Crippen LogP contribution in [0.15, 0.2) is 48.5 Å². The molecule has 0 radical (unpaired) electrons. The first-order valence-electron chi connectivity index (χ1n) is 6.99. The third-order valence-electron chi connectivity index (χ3n) is 3.36. The molecule has 22 heavy (non-hydrogen) atoms. The average Bonchev–Trinajstić information content (AvgIpc) is 3.01. The smallest absolute Gasteiger partial charge is 0.335 e. The monoisotopic (exact) mass is 300 g/mol. The van der Waals surface area contributed by atoms with E-state index in [1.54, 1.807) is 18.2 Å². The molecule has 0 amide bonds. The fraction of sp³-hybridized carbons (Fsp3) is 0.235. The Kier molecular flexibility index (Phi) is 4.25. The van der Waals surface area contributed by atoms with E-state index < -0.39 is 12.1 Å². The van der Waals surface area contributed by atoms with Crippen LogP contribution in [0.1, 0.15) is 11.1 Å². The molecule has 0 fully saturated rings. The van der Waals surface area contributed by atoms with E-state index in [0.717, 1.165) is 11.1 Å². The van der Waals surface area contributed by atoms with E-state index in [4.69, 9.17) is 14.2 Å². The Morgan fingerprint density at radius 3 is 2.68 bits per heavy atom. The van der Waals surface area contributed by atoms with Crippen molar-refractivity contribution >= 4 is 5.97 Å². The van der Waals surface area contributed by atoms with Gasteiger partial charge in [0, 0.05) is 6.42 Å². The first-order valence-corrected chi connectivity index (χ1v) is 6.99. The minimum Gasteiger partial charge on any atom is -0.459 e. The number of benzene rings is 2. The van der Waals surface area contributed by atoms with Crippen LogP contribution in [0.5, 0.6) is 11.5 Å². The zero-order valence-corrected chi connectivity index (χ0v) is 11.9. The van der Waals surface area contributed by atoms with E-state index in [9.17, 15) is 9.90 Å². The Hall–Kier alpha value is -2.53. The second kappa shape index (κ2) is 6.49. The predicted molar refractivity (Wildman–Crippen MR) is 78.5 cm³/mol. The molecule has 1 aliphatic heterocycles. The molecule has 1 N–H and O–H groups in total. The van der Waals surface area contributed by atoms with Crippen LogP contribution < -0.4 is 9.47 Å². The lowest BCUT2D eigenvalue weighted by atomic mass is 10.1. The van der Waals surface area contributed by atoms with Crippen LogP contribution in [0.25, 0.3) is 0 Å². The summed E-state index contributed by atoms with van der Waals surface area (Å²) in [6.07, 6.45) is -1.03. The average molecular weight is 300 g/mol. The summed E-state index contributed by atoms with van der Waals surface area (Å²) >= 11 is 0. The van der Waals surface area contributed by atoms with Gasteiger partial charge in [-0.3, -0.25) is 0 Å². The summed E-state index contributed by atoms with van der Waals surface area (Å²) in [4.78, 5) is 11.8. The molecule has 2 aromatic rings. The van der Waals surface area contributed by atoms with Crippen molar-refractivity contribution in [3.63, 3.8) is 0 Å². The summed E-state index contributed by atoms with van der Waals surface area (Å²) in [7, 11) is 0. The quantitative estimate of drug-likeness (QED) is 0.856. The van der Waals surface area contributed by atoms with Crippen molar-refractivity contribution in [2.24, 2.45) is 0 Å². The molecule has 0 saturated heterocycles. The van der Waals surface area contributed by atoms with Crippen molar-refractivity contribution in [3.05, 3.63) is 59.7 Å². The topological polar surface area (TPSA) is 65.0 Å². The van der Waals surface area contributed by atoms with E-state index in [2.05, 4.69) is 0 Å². The largest absolute Gasteiger partial charge is 0.459 e. The maximum atomic E-state index is 11.8. The van der Waals surface area contributed by atoms with Crippen LogP contribution in [0.2, 0.25) is 0 Å². The number of fused-ring (bicyclic) bond motifs is 1. The lowest BCUT2D eigenvalue weighted by Gasteiger charge is -2.11. The molecule has 0 bridgehead atoms. The molecule has 1 aliphatic rings. The van der Waals surface area contributed by atoms with Gasteiger partial charge in [-0.05, 0) is 23.3 Å². The van der Waals surface area contributed by atoms with Gasteiger partial charge in [0.15, 0.2) is 17.6 Å². The number of rotatable bonds is 5. The van der Waals surface area contributed by atoms with Crippen molar-refractivity contribution in [1.29, 1.82) is 0 Å². The Bertz CT molecular complexity index is 653. The van der Waals surface area contributed by atoms with Gasteiger partial charge in [0.2, 0.25) is 6.79 Å². The molecule has 0 aromatic heterocycles. The number of ether oxygens (including phenoxy) is 3. The van der Waals surface area contributed by atoms with E-state index in [1.165, 1.54) is 0 Å². The zero-order valence-electron chi connectivity index (χ0n) is 11.9. The first-order chi connectivity index (χ1) is 10.7. The second-order valence-corrected chi connectivity index (χ2v) is 5.00. The van der Waals surface area contributed by atoms with Gasteiger partial charge in [-0.2, -0.15) is 0 Å². The number of aliphatic hydroxyl groups excluding tert-OH is 1. The van der Waals surface area contributed by atoms with Crippen LogP contribution in [0.3, 0.4) is 0 Å². The van der Waals surface area contributed by atoms with Gasteiger partial charge in [0.1, 0.15) is 6.61 Å². The fourth-order valence-electron chi connectivity index (χ4n) is 2.20. The minimum atomic E-state index is -1.20. The van der Waals surface area contributed by atoms with Crippen molar-refractivity contribution in [3.8, 4) is 11.5 Å². The van der Waals surface area contributed by atoms with Crippen molar-refractivity contribution in [1.82, 2.24) is 0 Å².